The highest BCUT2D eigenvalue weighted by Gasteiger charge is 2.16. The molecule has 0 heterocycles. The van der Waals surface area contributed by atoms with Crippen LogP contribution >= 0.6 is 0 Å². The van der Waals surface area contributed by atoms with Crippen LogP contribution in [0.15, 0.2) is 78.9 Å². The van der Waals surface area contributed by atoms with Crippen molar-refractivity contribution in [2.45, 2.75) is 72.1 Å². The zero-order chi connectivity index (χ0) is 24.2. The van der Waals surface area contributed by atoms with E-state index >= 15 is 0 Å². The third kappa shape index (κ3) is 5.59. The van der Waals surface area contributed by atoms with Gasteiger partial charge in [0.05, 0.1) is 0 Å². The Morgan fingerprint density at radius 2 is 0.886 bits per heavy atom. The van der Waals surface area contributed by atoms with Gasteiger partial charge in [-0.2, -0.15) is 0 Å². The molecule has 3 aliphatic rings. The number of fused-ring (bicyclic) bond motifs is 5. The van der Waals surface area contributed by atoms with Crippen LogP contribution in [0.2, 0.25) is 0 Å². The second kappa shape index (κ2) is 10.6. The molecule has 4 aromatic rings. The van der Waals surface area contributed by atoms with Crippen LogP contribution in [0, 0.1) is 20.8 Å². The van der Waals surface area contributed by atoms with E-state index in [1.807, 2.05) is 0 Å². The van der Waals surface area contributed by atoms with E-state index in [2.05, 4.69) is 99.6 Å². The fraction of sp³-hybridized carbons (Fsp3) is 0.314. The molecule has 0 saturated carbocycles. The van der Waals surface area contributed by atoms with Gasteiger partial charge in [0.15, 0.2) is 0 Å². The fourth-order valence-electron chi connectivity index (χ4n) is 5.84. The van der Waals surface area contributed by atoms with Crippen LogP contribution in [-0.2, 0) is 32.1 Å². The summed E-state index contributed by atoms with van der Waals surface area (Å²) in [7, 11) is 0. The zero-order valence-electron chi connectivity index (χ0n) is 21.7. The Morgan fingerprint density at radius 1 is 0.400 bits per heavy atom. The van der Waals surface area contributed by atoms with Gasteiger partial charge in [-0.3, -0.25) is 0 Å². The molecule has 0 bridgehead atoms. The van der Waals surface area contributed by atoms with Gasteiger partial charge in [-0.25, -0.2) is 0 Å². The first-order chi connectivity index (χ1) is 17.1. The van der Waals surface area contributed by atoms with Gasteiger partial charge in [0, 0.05) is 0 Å². The van der Waals surface area contributed by atoms with Crippen molar-refractivity contribution in [3.63, 3.8) is 0 Å². The van der Waals surface area contributed by atoms with Crippen LogP contribution < -0.4 is 0 Å². The summed E-state index contributed by atoms with van der Waals surface area (Å²) < 4.78 is 0. The van der Waals surface area contributed by atoms with E-state index in [-0.39, 0.29) is 0 Å². The maximum Gasteiger partial charge on any atom is -0.00134 e. The third-order valence-corrected chi connectivity index (χ3v) is 7.71. The Morgan fingerprint density at radius 3 is 1.57 bits per heavy atom. The monoisotopic (exact) mass is 458 g/mol. The van der Waals surface area contributed by atoms with Crippen molar-refractivity contribution < 1.29 is 0 Å². The average Bonchev–Trinajstić information content (AvgIpc) is 3.48. The van der Waals surface area contributed by atoms with Gasteiger partial charge < -0.3 is 0 Å². The molecule has 0 aliphatic heterocycles. The second-order valence-corrected chi connectivity index (χ2v) is 10.6. The van der Waals surface area contributed by atoms with Crippen molar-refractivity contribution >= 4 is 0 Å². The molecular formula is C35H38. The predicted molar refractivity (Wildman–Crippen MR) is 150 cm³/mol. The van der Waals surface area contributed by atoms with Crippen LogP contribution in [0.4, 0.5) is 0 Å². The van der Waals surface area contributed by atoms with Crippen molar-refractivity contribution in [3.8, 4) is 11.1 Å². The number of benzene rings is 4. The van der Waals surface area contributed by atoms with Gasteiger partial charge in [-0.1, -0.05) is 95.6 Å². The normalized spacial score (nSPS) is 14.4. The molecule has 0 fully saturated rings. The lowest BCUT2D eigenvalue weighted by molar-refractivity contribution is 0.685. The van der Waals surface area contributed by atoms with Crippen LogP contribution in [0.25, 0.3) is 11.1 Å². The van der Waals surface area contributed by atoms with Crippen LogP contribution in [-0.4, -0.2) is 0 Å². The average molecular weight is 459 g/mol. The molecule has 0 radical (unpaired) electrons. The summed E-state index contributed by atoms with van der Waals surface area (Å²) >= 11 is 0. The van der Waals surface area contributed by atoms with E-state index in [0.717, 1.165) is 6.42 Å². The first-order valence-corrected chi connectivity index (χ1v) is 13.4. The molecule has 0 heteroatoms. The van der Waals surface area contributed by atoms with Gasteiger partial charge in [-0.15, -0.1) is 0 Å². The van der Waals surface area contributed by atoms with E-state index in [4.69, 9.17) is 0 Å². The highest BCUT2D eigenvalue weighted by atomic mass is 14.2. The molecule has 0 N–H and O–H groups in total. The molecule has 178 valence electrons. The van der Waals surface area contributed by atoms with Crippen LogP contribution in [0.5, 0.6) is 0 Å². The van der Waals surface area contributed by atoms with Gasteiger partial charge in [0.2, 0.25) is 0 Å². The minimum absolute atomic E-state index is 1.10. The number of rotatable bonds is 0. The summed E-state index contributed by atoms with van der Waals surface area (Å²) in [4.78, 5) is 0. The van der Waals surface area contributed by atoms with Crippen molar-refractivity contribution in [3.05, 3.63) is 129 Å². The number of hydrogen-bond acceptors (Lipinski definition) is 0. The zero-order valence-corrected chi connectivity index (χ0v) is 21.7. The van der Waals surface area contributed by atoms with Gasteiger partial charge in [0.1, 0.15) is 0 Å². The maximum atomic E-state index is 2.34. The fourth-order valence-corrected chi connectivity index (χ4v) is 5.84. The lowest BCUT2D eigenvalue weighted by Gasteiger charge is -2.15. The van der Waals surface area contributed by atoms with Crippen LogP contribution in [0.3, 0.4) is 0 Å². The summed E-state index contributed by atoms with van der Waals surface area (Å²) in [5, 5.41) is 0. The summed E-state index contributed by atoms with van der Waals surface area (Å²) in [6, 6.07) is 29.1. The second-order valence-electron chi connectivity index (χ2n) is 10.6. The smallest absolute Gasteiger partial charge is 0.00134 e. The highest BCUT2D eigenvalue weighted by Crippen LogP contribution is 2.36. The third-order valence-electron chi connectivity index (χ3n) is 7.71. The lowest BCUT2D eigenvalue weighted by Crippen LogP contribution is -2.01. The van der Waals surface area contributed by atoms with Gasteiger partial charge in [-0.05, 0) is 117 Å². The van der Waals surface area contributed by atoms with Crippen molar-refractivity contribution in [1.82, 2.24) is 0 Å². The van der Waals surface area contributed by atoms with E-state index in [9.17, 15) is 0 Å². The molecule has 3 aliphatic carbocycles. The van der Waals surface area contributed by atoms with Crippen LogP contribution in [0.1, 0.15) is 69.3 Å². The van der Waals surface area contributed by atoms with E-state index in [1.54, 1.807) is 22.3 Å². The summed E-state index contributed by atoms with van der Waals surface area (Å²) in [6.07, 6.45) is 10.4. The number of aryl methyl sites for hydroxylation is 7. The van der Waals surface area contributed by atoms with Crippen molar-refractivity contribution in [1.29, 1.82) is 0 Å². The Kier molecular flexibility index (Phi) is 7.19. The van der Waals surface area contributed by atoms with Gasteiger partial charge in [0.25, 0.3) is 0 Å². The SMILES string of the molecule is Cc1ccc2c(c1)CCC2.Cc1ccc2c(c1)CCCC2.Cc1ccc2c(c1)Cc1ccccc1-2. The summed E-state index contributed by atoms with van der Waals surface area (Å²) in [5.41, 5.74) is 16.3. The molecule has 7 rings (SSSR count). The Balaban J connectivity index is 0.000000111. The Labute approximate surface area is 212 Å². The molecule has 0 spiro atoms. The summed E-state index contributed by atoms with van der Waals surface area (Å²) in [5.74, 6) is 0. The highest BCUT2D eigenvalue weighted by molar-refractivity contribution is 5.76. The molecule has 0 nitrogen and oxygen atoms in total. The minimum atomic E-state index is 1.10. The predicted octanol–water partition coefficient (Wildman–Crippen LogP) is 8.92. The lowest BCUT2D eigenvalue weighted by atomic mass is 9.91. The maximum absolute atomic E-state index is 2.34. The van der Waals surface area contributed by atoms with E-state index < -0.39 is 0 Å². The largest absolute Gasteiger partial charge is 0.0619 e. The van der Waals surface area contributed by atoms with E-state index in [1.165, 1.54) is 83.9 Å². The molecular weight excluding hydrogens is 420 g/mol. The molecule has 0 unspecified atom stereocenters. The molecule has 35 heavy (non-hydrogen) atoms. The Hall–Kier alpha value is -3.12. The number of hydrogen-bond donors (Lipinski definition) is 0. The topological polar surface area (TPSA) is 0 Å². The minimum Gasteiger partial charge on any atom is -0.0619 e. The Bertz CT molecular complexity index is 1320. The first-order valence-electron chi connectivity index (χ1n) is 13.4. The van der Waals surface area contributed by atoms with E-state index in [0.29, 0.717) is 0 Å². The molecule has 0 aromatic heterocycles. The quantitative estimate of drug-likeness (QED) is 0.217. The summed E-state index contributed by atoms with van der Waals surface area (Å²) in [6.45, 7) is 6.50. The standard InChI is InChI=1S/C14H12.C11H14.C10H12/c1-10-6-7-14-12(8-10)9-11-4-2-3-5-13(11)14;1-9-6-7-10-4-2-3-5-11(10)8-9;1-8-5-6-9-3-2-4-10(9)7-8/h2-8H,9H2,1H3;6-8H,2-5H2,1H3;5-7H,2-4H2,1H3. The molecule has 0 atom stereocenters. The van der Waals surface area contributed by atoms with Crippen molar-refractivity contribution in [2.24, 2.45) is 0 Å². The molecule has 4 aromatic carbocycles. The van der Waals surface area contributed by atoms with Gasteiger partial charge >= 0.3 is 0 Å². The molecule has 0 saturated heterocycles. The molecule has 0 amide bonds. The first kappa shape index (κ1) is 23.6. The van der Waals surface area contributed by atoms with Crippen molar-refractivity contribution in [2.75, 3.05) is 0 Å².